The van der Waals surface area contributed by atoms with Crippen LogP contribution in [0.5, 0.6) is 5.75 Å². The number of ether oxygens (including phenoxy) is 1. The minimum Gasteiger partial charge on any atom is -0.470 e. The molecule has 4 heterocycles. The quantitative estimate of drug-likeness (QED) is 0.627. The lowest BCUT2D eigenvalue weighted by atomic mass is 9.72. The topological polar surface area (TPSA) is 70.6 Å². The molecular formula is C29H35F3N4O3. The van der Waals surface area contributed by atoms with Gasteiger partial charge in [0.2, 0.25) is 5.91 Å². The summed E-state index contributed by atoms with van der Waals surface area (Å²) >= 11 is 0. The van der Waals surface area contributed by atoms with Crippen LogP contribution in [0.3, 0.4) is 0 Å². The molecule has 4 aliphatic rings. The van der Waals surface area contributed by atoms with E-state index < -0.39 is 23.4 Å². The standard InChI is InChI=1S/C29H35F3N4O3/c1-18(2)28(16-25-35(26(28)37)17-19-15-20(29(30,31)32)7-8-24(19)39-25)11-14-34-12-9-21(10-13-34)36-23-6-4-3-5-22(23)33-27(36)38/h5-8,15,18,21,25H,3-4,9-14,16-17H2,1-2H3,(H,33,38). The molecule has 1 aromatic heterocycles. The van der Waals surface area contributed by atoms with Crippen molar-refractivity contribution in [1.29, 1.82) is 0 Å². The lowest BCUT2D eigenvalue weighted by Gasteiger charge is -2.37. The molecule has 0 spiro atoms. The fourth-order valence-electron chi connectivity index (χ4n) is 6.92. The molecule has 210 valence electrons. The van der Waals surface area contributed by atoms with E-state index in [-0.39, 0.29) is 30.1 Å². The number of H-pyrrole nitrogens is 1. The number of benzene rings is 1. The van der Waals surface area contributed by atoms with E-state index in [1.54, 1.807) is 4.90 Å². The van der Waals surface area contributed by atoms with E-state index in [0.29, 0.717) is 24.2 Å². The van der Waals surface area contributed by atoms with Gasteiger partial charge in [-0.3, -0.25) is 9.36 Å². The number of hydrogen-bond acceptors (Lipinski definition) is 4. The Hall–Kier alpha value is -3.01. The Labute approximate surface area is 224 Å². The molecule has 2 aromatic rings. The summed E-state index contributed by atoms with van der Waals surface area (Å²) in [5.74, 6) is 0.454. The zero-order valence-electron chi connectivity index (χ0n) is 22.4. The van der Waals surface area contributed by atoms with Crippen LogP contribution in [0.15, 0.2) is 23.0 Å². The number of carbonyl (C=O) groups excluding carboxylic acids is 1. The van der Waals surface area contributed by atoms with Crippen LogP contribution in [-0.2, 0) is 17.5 Å². The normalized spacial score (nSPS) is 25.5. The van der Waals surface area contributed by atoms with Gasteiger partial charge < -0.3 is 19.5 Å². The maximum absolute atomic E-state index is 13.8. The van der Waals surface area contributed by atoms with Crippen molar-refractivity contribution in [3.8, 4) is 5.75 Å². The maximum Gasteiger partial charge on any atom is 0.416 e. The van der Waals surface area contributed by atoms with Crippen LogP contribution in [0.25, 0.3) is 12.2 Å². The number of hydrogen-bond donors (Lipinski definition) is 1. The zero-order chi connectivity index (χ0) is 27.5. The molecule has 7 nitrogen and oxygen atoms in total. The number of rotatable bonds is 5. The average molecular weight is 545 g/mol. The van der Waals surface area contributed by atoms with Crippen molar-refractivity contribution < 1.29 is 22.7 Å². The van der Waals surface area contributed by atoms with E-state index in [1.165, 1.54) is 6.07 Å². The number of likely N-dealkylation sites (tertiary alicyclic amines) is 1. The van der Waals surface area contributed by atoms with Gasteiger partial charge in [0.15, 0.2) is 6.23 Å². The molecule has 2 unspecified atom stereocenters. The molecule has 0 saturated carbocycles. The minimum absolute atomic E-state index is 0.0299. The van der Waals surface area contributed by atoms with Gasteiger partial charge in [-0.25, -0.2) is 4.79 Å². The van der Waals surface area contributed by atoms with Gasteiger partial charge >= 0.3 is 11.9 Å². The van der Waals surface area contributed by atoms with Crippen LogP contribution in [0, 0.1) is 11.3 Å². The monoisotopic (exact) mass is 544 g/mol. The van der Waals surface area contributed by atoms with Crippen LogP contribution in [0.1, 0.15) is 69.5 Å². The molecule has 3 aliphatic heterocycles. The van der Waals surface area contributed by atoms with E-state index in [1.807, 2.05) is 18.4 Å². The number of piperidine rings is 1. The van der Waals surface area contributed by atoms with Crippen molar-refractivity contribution in [3.05, 3.63) is 50.5 Å². The van der Waals surface area contributed by atoms with Crippen LogP contribution in [-0.4, -0.2) is 51.1 Å². The lowest BCUT2D eigenvalue weighted by molar-refractivity contribution is -0.142. The summed E-state index contributed by atoms with van der Waals surface area (Å²) in [6.45, 7) is 6.67. The average Bonchev–Trinajstić information content (AvgIpc) is 3.39. The molecule has 1 amide bonds. The first-order chi connectivity index (χ1) is 18.6. The number of halogens is 3. The van der Waals surface area contributed by atoms with E-state index in [4.69, 9.17) is 4.74 Å². The third kappa shape index (κ3) is 4.50. The van der Waals surface area contributed by atoms with Gasteiger partial charge in [-0.1, -0.05) is 26.0 Å². The second-order valence-electron chi connectivity index (χ2n) is 11.7. The van der Waals surface area contributed by atoms with E-state index in [2.05, 4.69) is 22.0 Å². The number of alkyl halides is 3. The first-order valence-electron chi connectivity index (χ1n) is 14.0. The second kappa shape index (κ2) is 9.57. The molecule has 1 N–H and O–H groups in total. The molecule has 6 rings (SSSR count). The summed E-state index contributed by atoms with van der Waals surface area (Å²) in [4.78, 5) is 33.5. The number of nitrogens with zero attached hydrogens (tertiary/aromatic N) is 3. The van der Waals surface area contributed by atoms with Crippen molar-refractivity contribution in [3.63, 3.8) is 0 Å². The van der Waals surface area contributed by atoms with Gasteiger partial charge in [-0.15, -0.1) is 0 Å². The number of nitrogens with one attached hydrogen (secondary N) is 1. The molecule has 10 heteroatoms. The van der Waals surface area contributed by atoms with Crippen LogP contribution >= 0.6 is 0 Å². The first-order valence-corrected chi connectivity index (χ1v) is 14.0. The molecule has 2 saturated heterocycles. The van der Waals surface area contributed by atoms with Crippen molar-refractivity contribution >= 4 is 18.1 Å². The minimum atomic E-state index is -4.44. The Morgan fingerprint density at radius 2 is 1.87 bits per heavy atom. The highest BCUT2D eigenvalue weighted by atomic mass is 19.4. The molecule has 1 aliphatic carbocycles. The predicted octanol–water partition coefficient (Wildman–Crippen LogP) is 3.37. The van der Waals surface area contributed by atoms with Gasteiger partial charge in [0.25, 0.3) is 0 Å². The molecule has 39 heavy (non-hydrogen) atoms. The molecule has 0 radical (unpaired) electrons. The smallest absolute Gasteiger partial charge is 0.416 e. The number of amides is 1. The number of imidazole rings is 1. The third-order valence-electron chi connectivity index (χ3n) is 9.32. The summed E-state index contributed by atoms with van der Waals surface area (Å²) in [6, 6.07) is 3.67. The molecule has 1 aromatic carbocycles. The van der Waals surface area contributed by atoms with Gasteiger partial charge in [0.1, 0.15) is 5.75 Å². The SMILES string of the molecule is CC(C)C1(CCN2CCC(n3c(=O)[nH]c4c3=CCCC=4)CC2)CC2Oc3ccc(C(F)(F)F)cc3CN2C1=O. The Bertz CT molecular complexity index is 1450. The largest absolute Gasteiger partial charge is 0.470 e. The highest BCUT2D eigenvalue weighted by Crippen LogP contribution is 2.49. The molecule has 0 bridgehead atoms. The number of fused-ring (bicyclic) bond motifs is 3. The fraction of sp³-hybridized carbons (Fsp3) is 0.586. The summed E-state index contributed by atoms with van der Waals surface area (Å²) in [5.41, 5.74) is -0.999. The van der Waals surface area contributed by atoms with Crippen molar-refractivity contribution in [2.75, 3.05) is 19.6 Å². The summed E-state index contributed by atoms with van der Waals surface area (Å²) in [7, 11) is 0. The highest BCUT2D eigenvalue weighted by Gasteiger charge is 2.55. The van der Waals surface area contributed by atoms with Gasteiger partial charge in [0, 0.05) is 31.1 Å². The summed E-state index contributed by atoms with van der Waals surface area (Å²) in [6.07, 6.45) is 4.17. The third-order valence-corrected chi connectivity index (χ3v) is 9.32. The van der Waals surface area contributed by atoms with Crippen LogP contribution in [0.4, 0.5) is 13.2 Å². The molecular weight excluding hydrogens is 509 g/mol. The van der Waals surface area contributed by atoms with E-state index in [9.17, 15) is 22.8 Å². The van der Waals surface area contributed by atoms with Gasteiger partial charge in [-0.05, 0) is 62.8 Å². The van der Waals surface area contributed by atoms with Crippen molar-refractivity contribution in [2.45, 2.75) is 77.4 Å². The second-order valence-corrected chi connectivity index (χ2v) is 11.7. The first kappa shape index (κ1) is 26.2. The number of aromatic amines is 1. The Morgan fingerprint density at radius 1 is 1.13 bits per heavy atom. The van der Waals surface area contributed by atoms with Crippen molar-refractivity contribution in [1.82, 2.24) is 19.4 Å². The Morgan fingerprint density at radius 3 is 2.59 bits per heavy atom. The fourth-order valence-corrected chi connectivity index (χ4v) is 6.92. The van der Waals surface area contributed by atoms with Gasteiger partial charge in [-0.2, -0.15) is 13.2 Å². The lowest BCUT2D eigenvalue weighted by Crippen LogP contribution is -2.45. The highest BCUT2D eigenvalue weighted by molar-refractivity contribution is 5.86. The number of carbonyl (C=O) groups is 1. The van der Waals surface area contributed by atoms with E-state index in [0.717, 1.165) is 68.1 Å². The van der Waals surface area contributed by atoms with Crippen molar-refractivity contribution in [2.24, 2.45) is 11.3 Å². The maximum atomic E-state index is 13.8. The van der Waals surface area contributed by atoms with Gasteiger partial charge in [0.05, 0.1) is 28.2 Å². The summed E-state index contributed by atoms with van der Waals surface area (Å²) < 4.78 is 47.8. The number of aromatic nitrogens is 2. The molecule has 2 atom stereocenters. The van der Waals surface area contributed by atoms with E-state index >= 15 is 0 Å². The zero-order valence-corrected chi connectivity index (χ0v) is 22.4. The Kier molecular flexibility index (Phi) is 6.44. The van der Waals surface area contributed by atoms with Crippen LogP contribution < -0.4 is 21.1 Å². The van der Waals surface area contributed by atoms with Crippen LogP contribution in [0.2, 0.25) is 0 Å². The Balaban J connectivity index is 1.13. The molecule has 2 fully saturated rings. The summed E-state index contributed by atoms with van der Waals surface area (Å²) in [5, 5.41) is 1.95. The predicted molar refractivity (Wildman–Crippen MR) is 140 cm³/mol.